The van der Waals surface area contributed by atoms with E-state index in [1.807, 2.05) is 0 Å². The molecule has 1 N–H and O–H groups in total. The highest BCUT2D eigenvalue weighted by molar-refractivity contribution is 9.10. The molecule has 21 heavy (non-hydrogen) atoms. The van der Waals surface area contributed by atoms with Crippen molar-refractivity contribution in [1.82, 2.24) is 10.2 Å². The molecule has 118 valence electrons. The first kappa shape index (κ1) is 17.0. The van der Waals surface area contributed by atoms with Crippen molar-refractivity contribution in [3.63, 3.8) is 0 Å². The van der Waals surface area contributed by atoms with Gasteiger partial charge in [0.05, 0.1) is 0 Å². The van der Waals surface area contributed by atoms with E-state index in [0.717, 1.165) is 13.1 Å². The van der Waals surface area contributed by atoms with Crippen LogP contribution < -0.4 is 5.32 Å². The second kappa shape index (κ2) is 7.75. The Morgan fingerprint density at radius 2 is 1.76 bits per heavy atom. The van der Waals surface area contributed by atoms with Gasteiger partial charge in [-0.1, -0.05) is 40.9 Å². The molecule has 0 unspecified atom stereocenters. The van der Waals surface area contributed by atoms with Crippen LogP contribution in [-0.4, -0.2) is 23.5 Å². The van der Waals surface area contributed by atoms with Gasteiger partial charge in [-0.25, -0.2) is 0 Å². The van der Waals surface area contributed by atoms with Gasteiger partial charge in [-0.05, 0) is 63.9 Å². The highest BCUT2D eigenvalue weighted by atomic mass is 79.9. The summed E-state index contributed by atoms with van der Waals surface area (Å²) in [6, 6.07) is 6.82. The number of rotatable bonds is 4. The fourth-order valence-electron chi connectivity index (χ4n) is 2.73. The molecule has 0 amide bonds. The van der Waals surface area contributed by atoms with Crippen LogP contribution in [0, 0.1) is 0 Å². The standard InChI is InChI=1S/C18H29BrN2/c1-18(2,3)20-13-15-8-9-16(17(19)12-15)14-21-10-6-4-5-7-11-21/h8-9,12,20H,4-7,10-11,13-14H2,1-3H3. The van der Waals surface area contributed by atoms with Gasteiger partial charge in [0, 0.05) is 23.1 Å². The van der Waals surface area contributed by atoms with Crippen molar-refractivity contribution < 1.29 is 0 Å². The highest BCUT2D eigenvalue weighted by Crippen LogP contribution is 2.22. The molecule has 0 spiro atoms. The Labute approximate surface area is 138 Å². The molecular formula is C18H29BrN2. The quantitative estimate of drug-likeness (QED) is 0.843. The zero-order chi connectivity index (χ0) is 15.3. The molecule has 0 aliphatic carbocycles. The van der Waals surface area contributed by atoms with Gasteiger partial charge in [0.15, 0.2) is 0 Å². The van der Waals surface area contributed by atoms with Gasteiger partial charge in [0.1, 0.15) is 0 Å². The maximum Gasteiger partial charge on any atom is 0.0244 e. The SMILES string of the molecule is CC(C)(C)NCc1ccc(CN2CCCCCC2)c(Br)c1. The monoisotopic (exact) mass is 352 g/mol. The Morgan fingerprint density at radius 1 is 1.10 bits per heavy atom. The first-order valence-corrected chi connectivity index (χ1v) is 8.98. The van der Waals surface area contributed by atoms with Crippen molar-refractivity contribution in [2.24, 2.45) is 0 Å². The summed E-state index contributed by atoms with van der Waals surface area (Å²) in [5.41, 5.74) is 2.92. The van der Waals surface area contributed by atoms with E-state index in [9.17, 15) is 0 Å². The van der Waals surface area contributed by atoms with E-state index in [-0.39, 0.29) is 5.54 Å². The molecule has 1 aliphatic heterocycles. The van der Waals surface area contributed by atoms with Crippen molar-refractivity contribution >= 4 is 15.9 Å². The van der Waals surface area contributed by atoms with E-state index in [1.54, 1.807) is 0 Å². The van der Waals surface area contributed by atoms with Gasteiger partial charge in [-0.2, -0.15) is 0 Å². The largest absolute Gasteiger partial charge is 0.308 e. The van der Waals surface area contributed by atoms with Gasteiger partial charge in [0.25, 0.3) is 0 Å². The predicted molar refractivity (Wildman–Crippen MR) is 94.5 cm³/mol. The zero-order valence-electron chi connectivity index (χ0n) is 13.7. The molecule has 1 aromatic rings. The summed E-state index contributed by atoms with van der Waals surface area (Å²) in [4.78, 5) is 2.60. The second-order valence-corrected chi connectivity index (χ2v) is 8.07. The highest BCUT2D eigenvalue weighted by Gasteiger charge is 2.12. The van der Waals surface area contributed by atoms with Crippen LogP contribution in [0.3, 0.4) is 0 Å². The normalized spacial score (nSPS) is 17.7. The van der Waals surface area contributed by atoms with E-state index in [2.05, 4.69) is 65.1 Å². The molecule has 1 saturated heterocycles. The molecule has 0 aromatic heterocycles. The molecule has 2 nitrogen and oxygen atoms in total. The van der Waals surface area contributed by atoms with Crippen molar-refractivity contribution in [2.75, 3.05) is 13.1 Å². The van der Waals surface area contributed by atoms with E-state index in [0.29, 0.717) is 0 Å². The summed E-state index contributed by atoms with van der Waals surface area (Å²) in [5.74, 6) is 0. The van der Waals surface area contributed by atoms with E-state index < -0.39 is 0 Å². The second-order valence-electron chi connectivity index (χ2n) is 7.22. The molecular weight excluding hydrogens is 324 g/mol. The van der Waals surface area contributed by atoms with Gasteiger partial charge in [-0.3, -0.25) is 4.90 Å². The minimum atomic E-state index is 0.164. The molecule has 0 bridgehead atoms. The van der Waals surface area contributed by atoms with Crippen molar-refractivity contribution in [2.45, 2.75) is 65.1 Å². The lowest BCUT2D eigenvalue weighted by atomic mass is 10.1. The van der Waals surface area contributed by atoms with Crippen molar-refractivity contribution in [3.05, 3.63) is 33.8 Å². The third-order valence-corrected chi connectivity index (χ3v) is 4.77. The van der Waals surface area contributed by atoms with E-state index in [1.165, 1.54) is 54.4 Å². The van der Waals surface area contributed by atoms with Crippen LogP contribution in [-0.2, 0) is 13.1 Å². The Morgan fingerprint density at radius 3 is 2.33 bits per heavy atom. The first-order chi connectivity index (χ1) is 9.94. The van der Waals surface area contributed by atoms with Crippen LogP contribution in [0.25, 0.3) is 0 Å². The summed E-state index contributed by atoms with van der Waals surface area (Å²) < 4.78 is 1.25. The average molecular weight is 353 g/mol. The minimum Gasteiger partial charge on any atom is -0.308 e. The average Bonchev–Trinajstić information content (AvgIpc) is 2.67. The van der Waals surface area contributed by atoms with Gasteiger partial charge in [0.2, 0.25) is 0 Å². The van der Waals surface area contributed by atoms with E-state index in [4.69, 9.17) is 0 Å². The van der Waals surface area contributed by atoms with Crippen molar-refractivity contribution in [3.8, 4) is 0 Å². The van der Waals surface area contributed by atoms with Gasteiger partial charge < -0.3 is 5.32 Å². The summed E-state index contributed by atoms with van der Waals surface area (Å²) >= 11 is 3.76. The molecule has 2 rings (SSSR count). The van der Waals surface area contributed by atoms with Crippen LogP contribution in [0.4, 0.5) is 0 Å². The molecule has 0 atom stereocenters. The zero-order valence-corrected chi connectivity index (χ0v) is 15.3. The Hall–Kier alpha value is -0.380. The van der Waals surface area contributed by atoms with Crippen LogP contribution in [0.1, 0.15) is 57.6 Å². The van der Waals surface area contributed by atoms with Gasteiger partial charge in [-0.15, -0.1) is 0 Å². The third-order valence-electron chi connectivity index (χ3n) is 4.03. The number of hydrogen-bond acceptors (Lipinski definition) is 2. The van der Waals surface area contributed by atoms with Crippen LogP contribution in [0.15, 0.2) is 22.7 Å². The van der Waals surface area contributed by atoms with Crippen LogP contribution in [0.2, 0.25) is 0 Å². The number of hydrogen-bond donors (Lipinski definition) is 1. The first-order valence-electron chi connectivity index (χ1n) is 8.19. The molecule has 0 saturated carbocycles. The number of nitrogens with zero attached hydrogens (tertiary/aromatic N) is 1. The lowest BCUT2D eigenvalue weighted by Gasteiger charge is -2.22. The van der Waals surface area contributed by atoms with Crippen LogP contribution in [0.5, 0.6) is 0 Å². The van der Waals surface area contributed by atoms with Crippen LogP contribution >= 0.6 is 15.9 Å². The number of benzene rings is 1. The maximum absolute atomic E-state index is 3.76. The smallest absolute Gasteiger partial charge is 0.0244 e. The number of likely N-dealkylation sites (tertiary alicyclic amines) is 1. The molecule has 1 heterocycles. The summed E-state index contributed by atoms with van der Waals surface area (Å²) in [6.07, 6.45) is 5.50. The Bertz CT molecular complexity index is 443. The molecule has 3 heteroatoms. The van der Waals surface area contributed by atoms with Gasteiger partial charge >= 0.3 is 0 Å². The van der Waals surface area contributed by atoms with Crippen molar-refractivity contribution in [1.29, 1.82) is 0 Å². The minimum absolute atomic E-state index is 0.164. The lowest BCUT2D eigenvalue weighted by Crippen LogP contribution is -2.35. The fourth-order valence-corrected chi connectivity index (χ4v) is 3.28. The lowest BCUT2D eigenvalue weighted by molar-refractivity contribution is 0.276. The number of nitrogens with one attached hydrogen (secondary N) is 1. The Kier molecular flexibility index (Phi) is 6.27. The predicted octanol–water partition coefficient (Wildman–Crippen LogP) is 4.71. The summed E-state index contributed by atoms with van der Waals surface area (Å²) in [5, 5.41) is 3.54. The molecule has 1 aliphatic rings. The topological polar surface area (TPSA) is 15.3 Å². The Balaban J connectivity index is 1.95. The molecule has 1 fully saturated rings. The maximum atomic E-state index is 3.76. The number of halogens is 1. The third kappa shape index (κ3) is 6.09. The summed E-state index contributed by atoms with van der Waals surface area (Å²) in [7, 11) is 0. The van der Waals surface area contributed by atoms with E-state index >= 15 is 0 Å². The summed E-state index contributed by atoms with van der Waals surface area (Å²) in [6.45, 7) is 11.1. The molecule has 0 radical (unpaired) electrons. The fraction of sp³-hybridized carbons (Fsp3) is 0.667. The molecule has 1 aromatic carbocycles.